The van der Waals surface area contributed by atoms with Gasteiger partial charge in [-0.15, -0.1) is 0 Å². The Morgan fingerprint density at radius 3 is 2.35 bits per heavy atom. The summed E-state index contributed by atoms with van der Waals surface area (Å²) in [6.07, 6.45) is 8.20. The van der Waals surface area contributed by atoms with Crippen molar-refractivity contribution in [3.63, 3.8) is 0 Å². The van der Waals surface area contributed by atoms with Crippen LogP contribution in [0.25, 0.3) is 0 Å². The van der Waals surface area contributed by atoms with Crippen LogP contribution in [0.1, 0.15) is 51.4 Å². The first-order chi connectivity index (χ1) is 15.2. The van der Waals surface area contributed by atoms with Crippen molar-refractivity contribution in [2.75, 3.05) is 45.9 Å². The smallest absolute Gasteiger partial charge is 0.315 e. The molecule has 3 aliphatic heterocycles. The van der Waals surface area contributed by atoms with Gasteiger partial charge in [-0.3, -0.25) is 9.80 Å². The molecule has 3 heterocycles. The van der Waals surface area contributed by atoms with Crippen LogP contribution in [0, 0.1) is 0 Å². The van der Waals surface area contributed by atoms with Crippen LogP contribution in [0.3, 0.4) is 0 Å². The second-order valence-electron chi connectivity index (χ2n) is 9.60. The summed E-state index contributed by atoms with van der Waals surface area (Å²) < 4.78 is 5.96. The predicted molar refractivity (Wildman–Crippen MR) is 118 cm³/mol. The lowest BCUT2D eigenvalue weighted by Gasteiger charge is -2.44. The highest BCUT2D eigenvalue weighted by Gasteiger charge is 2.47. The molecule has 0 bridgehead atoms. The molecule has 5 atom stereocenters. The average Bonchev–Trinajstić information content (AvgIpc) is 3.14. The molecule has 0 spiro atoms. The Hall–Kier alpha value is -0.970. The molecule has 0 radical (unpaired) electrons. The maximum absolute atomic E-state index is 12.4. The Bertz CT molecular complexity index is 562. The van der Waals surface area contributed by atoms with Gasteiger partial charge in [0.1, 0.15) is 12.2 Å². The third-order valence-corrected chi connectivity index (χ3v) is 7.54. The number of hydrogen-bond acceptors (Lipinski definition) is 7. The monoisotopic (exact) mass is 439 g/mol. The summed E-state index contributed by atoms with van der Waals surface area (Å²) in [7, 11) is 0. The lowest BCUT2D eigenvalue weighted by molar-refractivity contribution is -0.0206. The molecule has 1 saturated carbocycles. The number of rotatable bonds is 6. The van der Waals surface area contributed by atoms with E-state index in [9.17, 15) is 15.0 Å². The number of urea groups is 1. The maximum Gasteiger partial charge on any atom is 0.315 e. The molecule has 0 aromatic carbocycles. The molecule has 31 heavy (non-hydrogen) atoms. The standard InChI is InChI=1S/C22H41N5O4/c28-15-18-21(29)20(27-12-10-26(11-13-27)19-8-4-5-9-23-19)17(31-18)14-24-22(30)25-16-6-2-1-3-7-16/h16-21,23,28-29H,1-15H2,(H2,24,25,30). The minimum Gasteiger partial charge on any atom is -0.394 e. The van der Waals surface area contributed by atoms with E-state index in [4.69, 9.17) is 4.74 Å². The average molecular weight is 440 g/mol. The van der Waals surface area contributed by atoms with E-state index in [1.807, 2.05) is 0 Å². The molecule has 0 aromatic heterocycles. The molecule has 4 fully saturated rings. The summed E-state index contributed by atoms with van der Waals surface area (Å²) in [4.78, 5) is 17.2. The zero-order chi connectivity index (χ0) is 21.6. The van der Waals surface area contributed by atoms with Gasteiger partial charge in [-0.1, -0.05) is 19.3 Å². The van der Waals surface area contributed by atoms with Crippen LogP contribution in [-0.2, 0) is 4.74 Å². The first-order valence-electron chi connectivity index (χ1n) is 12.4. The maximum atomic E-state index is 12.4. The van der Waals surface area contributed by atoms with Gasteiger partial charge in [0.05, 0.1) is 24.9 Å². The van der Waals surface area contributed by atoms with E-state index in [2.05, 4.69) is 25.8 Å². The first-order valence-corrected chi connectivity index (χ1v) is 12.4. The van der Waals surface area contributed by atoms with E-state index >= 15 is 0 Å². The summed E-state index contributed by atoms with van der Waals surface area (Å²) in [5, 5.41) is 30.1. The number of piperazine rings is 1. The van der Waals surface area contributed by atoms with Crippen molar-refractivity contribution in [1.29, 1.82) is 0 Å². The molecular formula is C22H41N5O4. The predicted octanol–water partition coefficient (Wildman–Crippen LogP) is -0.175. The van der Waals surface area contributed by atoms with Crippen LogP contribution >= 0.6 is 0 Å². The van der Waals surface area contributed by atoms with Crippen molar-refractivity contribution >= 4 is 6.03 Å². The number of amides is 2. The second-order valence-corrected chi connectivity index (χ2v) is 9.60. The zero-order valence-corrected chi connectivity index (χ0v) is 18.7. The number of piperidine rings is 1. The largest absolute Gasteiger partial charge is 0.394 e. The van der Waals surface area contributed by atoms with E-state index in [0.717, 1.165) is 45.6 Å². The third-order valence-electron chi connectivity index (χ3n) is 7.54. The van der Waals surface area contributed by atoms with E-state index in [1.54, 1.807) is 0 Å². The van der Waals surface area contributed by atoms with Crippen molar-refractivity contribution in [3.8, 4) is 0 Å². The van der Waals surface area contributed by atoms with E-state index in [-0.39, 0.29) is 30.8 Å². The molecule has 178 valence electrons. The van der Waals surface area contributed by atoms with E-state index in [0.29, 0.717) is 12.7 Å². The summed E-state index contributed by atoms with van der Waals surface area (Å²) in [6, 6.07) is -0.121. The van der Waals surface area contributed by atoms with Gasteiger partial charge >= 0.3 is 6.03 Å². The van der Waals surface area contributed by atoms with Gasteiger partial charge in [0.2, 0.25) is 0 Å². The number of aliphatic hydroxyl groups excluding tert-OH is 2. The lowest BCUT2D eigenvalue weighted by atomic mass is 9.96. The number of nitrogens with one attached hydrogen (secondary N) is 3. The Balaban J connectivity index is 1.28. The van der Waals surface area contributed by atoms with Crippen LogP contribution in [0.15, 0.2) is 0 Å². The van der Waals surface area contributed by atoms with Gasteiger partial charge < -0.3 is 30.9 Å². The van der Waals surface area contributed by atoms with Gasteiger partial charge in [0.15, 0.2) is 0 Å². The molecule has 2 amide bonds. The quantitative estimate of drug-likeness (QED) is 0.391. The lowest BCUT2D eigenvalue weighted by Crippen LogP contribution is -2.61. The van der Waals surface area contributed by atoms with Gasteiger partial charge in [-0.2, -0.15) is 0 Å². The number of aliphatic hydroxyl groups is 2. The molecule has 4 aliphatic rings. The van der Waals surface area contributed by atoms with Crippen molar-refractivity contribution in [2.24, 2.45) is 0 Å². The summed E-state index contributed by atoms with van der Waals surface area (Å²) in [6.45, 7) is 4.82. The Morgan fingerprint density at radius 2 is 1.68 bits per heavy atom. The second kappa shape index (κ2) is 11.2. The molecule has 1 aliphatic carbocycles. The molecule has 0 aromatic rings. The van der Waals surface area contributed by atoms with Gasteiger partial charge in [-0.25, -0.2) is 4.79 Å². The Morgan fingerprint density at radius 1 is 0.968 bits per heavy atom. The highest BCUT2D eigenvalue weighted by atomic mass is 16.5. The molecule has 9 heteroatoms. The molecular weight excluding hydrogens is 398 g/mol. The van der Waals surface area contributed by atoms with Crippen molar-refractivity contribution in [3.05, 3.63) is 0 Å². The van der Waals surface area contributed by atoms with Crippen molar-refractivity contribution < 1.29 is 19.7 Å². The normalized spacial score (nSPS) is 36.4. The SMILES string of the molecule is O=C(NCC1OC(CO)C(O)C1N1CCN(C2CCCCN2)CC1)NC1CCCCC1. The highest BCUT2D eigenvalue weighted by Crippen LogP contribution is 2.27. The van der Waals surface area contributed by atoms with Crippen molar-refractivity contribution in [2.45, 2.75) is 87.9 Å². The number of hydrogen-bond donors (Lipinski definition) is 5. The minimum atomic E-state index is -0.752. The van der Waals surface area contributed by atoms with Crippen LogP contribution in [-0.4, -0.2) is 108 Å². The highest BCUT2D eigenvalue weighted by molar-refractivity contribution is 5.74. The minimum absolute atomic E-state index is 0.163. The van der Waals surface area contributed by atoms with Crippen LogP contribution in [0.5, 0.6) is 0 Å². The molecule has 4 rings (SSSR count). The van der Waals surface area contributed by atoms with Crippen LogP contribution < -0.4 is 16.0 Å². The fourth-order valence-corrected chi connectivity index (χ4v) is 5.77. The van der Waals surface area contributed by atoms with E-state index in [1.165, 1.54) is 38.5 Å². The number of carbonyl (C=O) groups excluding carboxylic acids is 1. The van der Waals surface area contributed by atoms with Gasteiger partial charge in [0, 0.05) is 38.8 Å². The molecule has 5 unspecified atom stereocenters. The fourth-order valence-electron chi connectivity index (χ4n) is 5.77. The Kier molecular flexibility index (Phi) is 8.42. The summed E-state index contributed by atoms with van der Waals surface area (Å²) in [5.74, 6) is 0. The summed E-state index contributed by atoms with van der Waals surface area (Å²) in [5.41, 5.74) is 0. The fraction of sp³-hybridized carbons (Fsp3) is 0.955. The number of ether oxygens (including phenoxy) is 1. The van der Waals surface area contributed by atoms with Gasteiger partial charge in [-0.05, 0) is 38.6 Å². The molecule has 3 saturated heterocycles. The van der Waals surface area contributed by atoms with E-state index < -0.39 is 12.2 Å². The third kappa shape index (κ3) is 5.89. The zero-order valence-electron chi connectivity index (χ0n) is 18.7. The number of carbonyl (C=O) groups is 1. The van der Waals surface area contributed by atoms with Crippen LogP contribution in [0.4, 0.5) is 4.79 Å². The van der Waals surface area contributed by atoms with Gasteiger partial charge in [0.25, 0.3) is 0 Å². The number of nitrogens with zero attached hydrogens (tertiary/aromatic N) is 2. The Labute approximate surface area is 185 Å². The molecule has 9 nitrogen and oxygen atoms in total. The van der Waals surface area contributed by atoms with Crippen LogP contribution in [0.2, 0.25) is 0 Å². The molecule has 5 N–H and O–H groups in total. The summed E-state index contributed by atoms with van der Waals surface area (Å²) >= 11 is 0. The van der Waals surface area contributed by atoms with Crippen molar-refractivity contribution in [1.82, 2.24) is 25.8 Å². The topological polar surface area (TPSA) is 109 Å². The first kappa shape index (κ1) is 23.2.